The fourth-order valence-corrected chi connectivity index (χ4v) is 2.77. The molecule has 0 saturated carbocycles. The molecule has 0 saturated heterocycles. The van der Waals surface area contributed by atoms with Crippen LogP contribution in [0.5, 0.6) is 11.5 Å². The number of amides is 2. The number of carbonyl (C=O) groups is 2. The summed E-state index contributed by atoms with van der Waals surface area (Å²) in [7, 11) is 1.60. The quantitative estimate of drug-likeness (QED) is 0.722. The highest BCUT2D eigenvalue weighted by Gasteiger charge is 2.26. The van der Waals surface area contributed by atoms with Crippen LogP contribution in [-0.2, 0) is 16.1 Å². The van der Waals surface area contributed by atoms with Crippen LogP contribution in [0, 0.1) is 6.92 Å². The van der Waals surface area contributed by atoms with Gasteiger partial charge in [0, 0.05) is 13.1 Å². The van der Waals surface area contributed by atoms with Crippen molar-refractivity contribution in [1.29, 1.82) is 0 Å². The molecule has 150 valence electrons. The number of likely N-dealkylation sites (N-methyl/N-ethyl adjacent to an activating group) is 1. The highest BCUT2D eigenvalue weighted by Crippen LogP contribution is 2.18. The van der Waals surface area contributed by atoms with Crippen molar-refractivity contribution in [3.8, 4) is 11.5 Å². The van der Waals surface area contributed by atoms with Crippen LogP contribution >= 0.6 is 0 Å². The monoisotopic (exact) mass is 384 g/mol. The number of nitrogens with one attached hydrogen (secondary N) is 1. The van der Waals surface area contributed by atoms with Crippen molar-refractivity contribution < 1.29 is 19.1 Å². The second-order valence-corrected chi connectivity index (χ2v) is 6.49. The van der Waals surface area contributed by atoms with E-state index in [1.165, 1.54) is 4.90 Å². The Bertz CT molecular complexity index is 789. The Morgan fingerprint density at radius 1 is 1.11 bits per heavy atom. The number of para-hydroxylation sites is 1. The van der Waals surface area contributed by atoms with E-state index in [0.717, 1.165) is 16.9 Å². The van der Waals surface area contributed by atoms with Gasteiger partial charge >= 0.3 is 0 Å². The molecule has 2 rings (SSSR count). The molecule has 0 aliphatic rings. The molecule has 28 heavy (non-hydrogen) atoms. The van der Waals surface area contributed by atoms with Crippen LogP contribution in [0.25, 0.3) is 0 Å². The van der Waals surface area contributed by atoms with E-state index < -0.39 is 6.04 Å². The highest BCUT2D eigenvalue weighted by atomic mass is 16.5. The summed E-state index contributed by atoms with van der Waals surface area (Å²) in [5.74, 6) is 0.949. The Kier molecular flexibility index (Phi) is 7.87. The molecule has 0 spiro atoms. The number of benzene rings is 2. The molecule has 0 bridgehead atoms. The Hall–Kier alpha value is -3.02. The molecular formula is C22H28N2O4. The number of aryl methyl sites for hydroxylation is 1. The van der Waals surface area contributed by atoms with E-state index in [0.29, 0.717) is 18.8 Å². The summed E-state index contributed by atoms with van der Waals surface area (Å²) < 4.78 is 10.9. The second-order valence-electron chi connectivity index (χ2n) is 6.49. The lowest BCUT2D eigenvalue weighted by atomic mass is 10.1. The van der Waals surface area contributed by atoms with Gasteiger partial charge < -0.3 is 19.7 Å². The first-order chi connectivity index (χ1) is 13.5. The first-order valence-electron chi connectivity index (χ1n) is 9.34. The lowest BCUT2D eigenvalue weighted by molar-refractivity contribution is -0.142. The van der Waals surface area contributed by atoms with Crippen molar-refractivity contribution >= 4 is 11.8 Å². The van der Waals surface area contributed by atoms with Gasteiger partial charge in [0.25, 0.3) is 5.91 Å². The van der Waals surface area contributed by atoms with Gasteiger partial charge in [0.1, 0.15) is 17.5 Å². The minimum Gasteiger partial charge on any atom is -0.497 e. The molecule has 1 atom stereocenters. The van der Waals surface area contributed by atoms with E-state index in [4.69, 9.17) is 9.47 Å². The molecular weight excluding hydrogens is 356 g/mol. The van der Waals surface area contributed by atoms with Crippen LogP contribution in [0.15, 0.2) is 48.5 Å². The van der Waals surface area contributed by atoms with E-state index in [-0.39, 0.29) is 18.4 Å². The smallest absolute Gasteiger partial charge is 0.261 e. The summed E-state index contributed by atoms with van der Waals surface area (Å²) in [6.07, 6.45) is 0. The maximum atomic E-state index is 12.9. The van der Waals surface area contributed by atoms with Crippen LogP contribution in [0.2, 0.25) is 0 Å². The van der Waals surface area contributed by atoms with Crippen molar-refractivity contribution in [1.82, 2.24) is 10.2 Å². The predicted molar refractivity (Wildman–Crippen MR) is 108 cm³/mol. The molecule has 0 aliphatic heterocycles. The molecule has 2 amide bonds. The molecule has 0 unspecified atom stereocenters. The van der Waals surface area contributed by atoms with E-state index in [1.807, 2.05) is 62.4 Å². The topological polar surface area (TPSA) is 67.9 Å². The third-order valence-electron chi connectivity index (χ3n) is 4.48. The molecule has 0 heterocycles. The minimum atomic E-state index is -0.616. The van der Waals surface area contributed by atoms with Gasteiger partial charge in [-0.15, -0.1) is 0 Å². The van der Waals surface area contributed by atoms with Crippen LogP contribution in [0.4, 0.5) is 0 Å². The van der Waals surface area contributed by atoms with Crippen LogP contribution in [0.3, 0.4) is 0 Å². The average molecular weight is 384 g/mol. The largest absolute Gasteiger partial charge is 0.497 e. The van der Waals surface area contributed by atoms with Gasteiger partial charge in [0.15, 0.2) is 6.61 Å². The van der Waals surface area contributed by atoms with E-state index in [2.05, 4.69) is 5.32 Å². The molecule has 0 aromatic heterocycles. The third kappa shape index (κ3) is 5.74. The van der Waals surface area contributed by atoms with Gasteiger partial charge in [0.05, 0.1) is 7.11 Å². The lowest BCUT2D eigenvalue weighted by Crippen LogP contribution is -2.49. The zero-order valence-electron chi connectivity index (χ0n) is 16.9. The number of ether oxygens (including phenoxy) is 2. The zero-order chi connectivity index (χ0) is 20.5. The van der Waals surface area contributed by atoms with Crippen molar-refractivity contribution in [2.24, 2.45) is 0 Å². The number of rotatable bonds is 9. The Labute approximate surface area is 166 Å². The van der Waals surface area contributed by atoms with E-state index >= 15 is 0 Å². The predicted octanol–water partition coefficient (Wildman–Crippen LogP) is 2.94. The lowest BCUT2D eigenvalue weighted by Gasteiger charge is -2.28. The number of methoxy groups -OCH3 is 1. The maximum Gasteiger partial charge on any atom is 0.261 e. The number of nitrogens with zero attached hydrogens (tertiary/aromatic N) is 1. The average Bonchev–Trinajstić information content (AvgIpc) is 2.71. The summed E-state index contributed by atoms with van der Waals surface area (Å²) in [5.41, 5.74) is 1.86. The SMILES string of the molecule is CCNC(=O)[C@@H](C)N(Cc1ccc(OC)cc1)C(=O)COc1ccccc1C. The summed E-state index contributed by atoms with van der Waals surface area (Å²) in [5, 5.41) is 2.77. The van der Waals surface area contributed by atoms with Crippen molar-refractivity contribution in [3.63, 3.8) is 0 Å². The molecule has 2 aromatic carbocycles. The maximum absolute atomic E-state index is 12.9. The summed E-state index contributed by atoms with van der Waals surface area (Å²) in [4.78, 5) is 26.8. The molecule has 0 aliphatic carbocycles. The molecule has 0 radical (unpaired) electrons. The molecule has 6 heteroatoms. The van der Waals surface area contributed by atoms with Gasteiger partial charge in [-0.05, 0) is 50.1 Å². The van der Waals surface area contributed by atoms with E-state index in [1.54, 1.807) is 14.0 Å². The Morgan fingerprint density at radius 2 is 1.79 bits per heavy atom. The van der Waals surface area contributed by atoms with Gasteiger partial charge in [-0.25, -0.2) is 0 Å². The van der Waals surface area contributed by atoms with Crippen LogP contribution in [0.1, 0.15) is 25.0 Å². The fourth-order valence-electron chi connectivity index (χ4n) is 2.77. The number of carbonyl (C=O) groups excluding carboxylic acids is 2. The van der Waals surface area contributed by atoms with Crippen LogP contribution < -0.4 is 14.8 Å². The fraction of sp³-hybridized carbons (Fsp3) is 0.364. The van der Waals surface area contributed by atoms with Gasteiger partial charge in [-0.3, -0.25) is 9.59 Å². The first kappa shape index (κ1) is 21.3. The second kappa shape index (κ2) is 10.3. The highest BCUT2D eigenvalue weighted by molar-refractivity contribution is 5.87. The van der Waals surface area contributed by atoms with Crippen LogP contribution in [-0.4, -0.2) is 43.0 Å². The molecule has 6 nitrogen and oxygen atoms in total. The summed E-state index contributed by atoms with van der Waals surface area (Å²) >= 11 is 0. The standard InChI is InChI=1S/C22H28N2O4/c1-5-23-22(26)17(3)24(14-18-10-12-19(27-4)13-11-18)21(25)15-28-20-9-7-6-8-16(20)2/h6-13,17H,5,14-15H2,1-4H3,(H,23,26)/t17-/m1/s1. The van der Waals surface area contributed by atoms with Crippen molar-refractivity contribution in [2.45, 2.75) is 33.4 Å². The van der Waals surface area contributed by atoms with E-state index in [9.17, 15) is 9.59 Å². The summed E-state index contributed by atoms with van der Waals surface area (Å²) in [6.45, 7) is 6.17. The minimum absolute atomic E-state index is 0.134. The first-order valence-corrected chi connectivity index (χ1v) is 9.34. The number of hydrogen-bond donors (Lipinski definition) is 1. The van der Waals surface area contributed by atoms with Gasteiger partial charge in [-0.1, -0.05) is 30.3 Å². The molecule has 2 aromatic rings. The number of hydrogen-bond acceptors (Lipinski definition) is 4. The van der Waals surface area contributed by atoms with Gasteiger partial charge in [-0.2, -0.15) is 0 Å². The molecule has 0 fully saturated rings. The zero-order valence-corrected chi connectivity index (χ0v) is 16.9. The van der Waals surface area contributed by atoms with Crippen molar-refractivity contribution in [3.05, 3.63) is 59.7 Å². The molecule has 1 N–H and O–H groups in total. The normalized spacial score (nSPS) is 11.4. The Balaban J connectivity index is 2.14. The van der Waals surface area contributed by atoms with Gasteiger partial charge in [0.2, 0.25) is 5.91 Å². The Morgan fingerprint density at radius 3 is 2.39 bits per heavy atom. The third-order valence-corrected chi connectivity index (χ3v) is 4.48. The summed E-state index contributed by atoms with van der Waals surface area (Å²) in [6, 6.07) is 14.3. The van der Waals surface area contributed by atoms with Crippen molar-refractivity contribution in [2.75, 3.05) is 20.3 Å².